The molecular formula is C11H9ClN2O2S. The minimum absolute atomic E-state index is 0.0826. The number of anilines is 1. The number of hydrogen-bond donors (Lipinski definition) is 1. The summed E-state index contributed by atoms with van der Waals surface area (Å²) < 4.78 is 0.737. The van der Waals surface area contributed by atoms with E-state index in [9.17, 15) is 10.1 Å². The number of benzene rings is 1. The van der Waals surface area contributed by atoms with Crippen LogP contribution in [0.3, 0.4) is 0 Å². The van der Waals surface area contributed by atoms with Crippen molar-refractivity contribution in [1.29, 1.82) is 0 Å². The monoisotopic (exact) mass is 268 g/mol. The molecule has 0 fully saturated rings. The summed E-state index contributed by atoms with van der Waals surface area (Å²) in [5.41, 5.74) is 0.808. The average Bonchev–Trinajstić information content (AvgIpc) is 2.73. The zero-order chi connectivity index (χ0) is 12.3. The second-order valence-electron chi connectivity index (χ2n) is 3.37. The van der Waals surface area contributed by atoms with Crippen LogP contribution in [0.5, 0.6) is 0 Å². The first-order valence-electron chi connectivity index (χ1n) is 4.88. The molecule has 0 saturated heterocycles. The number of nitro benzene ring substituents is 1. The maximum absolute atomic E-state index is 10.6. The highest BCUT2D eigenvalue weighted by Crippen LogP contribution is 2.23. The van der Waals surface area contributed by atoms with Gasteiger partial charge in [-0.3, -0.25) is 10.1 Å². The Balaban J connectivity index is 2.04. The van der Waals surface area contributed by atoms with E-state index in [1.807, 2.05) is 12.1 Å². The van der Waals surface area contributed by atoms with Gasteiger partial charge in [0.05, 0.1) is 9.26 Å². The fourth-order valence-corrected chi connectivity index (χ4v) is 2.39. The number of halogens is 1. The van der Waals surface area contributed by atoms with Crippen molar-refractivity contribution >= 4 is 34.3 Å². The van der Waals surface area contributed by atoms with Gasteiger partial charge in [0, 0.05) is 29.2 Å². The molecule has 6 heteroatoms. The van der Waals surface area contributed by atoms with Crippen LogP contribution in [0, 0.1) is 10.1 Å². The van der Waals surface area contributed by atoms with Crippen molar-refractivity contribution in [2.45, 2.75) is 6.54 Å². The smallest absolute Gasteiger partial charge is 0.271 e. The average molecular weight is 269 g/mol. The predicted molar refractivity (Wildman–Crippen MR) is 69.8 cm³/mol. The molecule has 0 amide bonds. The molecule has 1 aromatic carbocycles. The van der Waals surface area contributed by atoms with Crippen molar-refractivity contribution in [3.63, 3.8) is 0 Å². The quantitative estimate of drug-likeness (QED) is 0.675. The fraction of sp³-hybridized carbons (Fsp3) is 0.0909. The number of thiophene rings is 1. The Morgan fingerprint density at radius 1 is 1.35 bits per heavy atom. The van der Waals surface area contributed by atoms with E-state index in [4.69, 9.17) is 11.6 Å². The van der Waals surface area contributed by atoms with Crippen molar-refractivity contribution < 1.29 is 4.92 Å². The van der Waals surface area contributed by atoms with E-state index in [0.717, 1.165) is 14.9 Å². The zero-order valence-electron chi connectivity index (χ0n) is 8.72. The van der Waals surface area contributed by atoms with Crippen LogP contribution >= 0.6 is 22.9 Å². The van der Waals surface area contributed by atoms with Gasteiger partial charge >= 0.3 is 0 Å². The Morgan fingerprint density at radius 3 is 2.82 bits per heavy atom. The summed E-state index contributed by atoms with van der Waals surface area (Å²) in [6, 6.07) is 10.2. The van der Waals surface area contributed by atoms with E-state index >= 15 is 0 Å². The molecule has 2 rings (SSSR count). The van der Waals surface area contributed by atoms with E-state index in [-0.39, 0.29) is 5.69 Å². The lowest BCUT2D eigenvalue weighted by Gasteiger charge is -2.03. The second kappa shape index (κ2) is 5.16. The topological polar surface area (TPSA) is 55.2 Å². The van der Waals surface area contributed by atoms with Gasteiger partial charge in [-0.1, -0.05) is 17.7 Å². The van der Waals surface area contributed by atoms with Crippen molar-refractivity contribution in [1.82, 2.24) is 0 Å². The molecule has 1 heterocycles. The Bertz CT molecular complexity index is 542. The number of hydrogen-bond acceptors (Lipinski definition) is 4. The van der Waals surface area contributed by atoms with Crippen molar-refractivity contribution in [3.05, 3.63) is 55.7 Å². The highest BCUT2D eigenvalue weighted by molar-refractivity contribution is 7.16. The van der Waals surface area contributed by atoms with Crippen LogP contribution in [0.1, 0.15) is 4.88 Å². The molecule has 0 aliphatic carbocycles. The minimum atomic E-state index is -0.410. The third-order valence-corrected chi connectivity index (χ3v) is 3.38. The number of nitrogens with one attached hydrogen (secondary N) is 1. The maximum Gasteiger partial charge on any atom is 0.271 e. The molecule has 0 atom stereocenters. The number of rotatable bonds is 4. The van der Waals surface area contributed by atoms with Crippen molar-refractivity contribution in [3.8, 4) is 0 Å². The number of nitrogens with zero attached hydrogens (tertiary/aromatic N) is 1. The molecule has 0 unspecified atom stereocenters. The van der Waals surface area contributed by atoms with Gasteiger partial charge in [-0.15, -0.1) is 11.3 Å². The largest absolute Gasteiger partial charge is 0.380 e. The molecule has 88 valence electrons. The number of non-ortho nitro benzene ring substituents is 1. The summed E-state index contributed by atoms with van der Waals surface area (Å²) in [7, 11) is 0. The molecule has 0 aliphatic heterocycles. The first-order chi connectivity index (χ1) is 8.15. The Labute approximate surface area is 107 Å². The normalized spacial score (nSPS) is 10.2. The summed E-state index contributed by atoms with van der Waals surface area (Å²) in [5.74, 6) is 0. The van der Waals surface area contributed by atoms with Gasteiger partial charge in [0.15, 0.2) is 0 Å². The summed E-state index contributed by atoms with van der Waals surface area (Å²) in [6.45, 7) is 0.610. The lowest BCUT2D eigenvalue weighted by molar-refractivity contribution is -0.384. The van der Waals surface area contributed by atoms with Crippen LogP contribution in [0.2, 0.25) is 4.34 Å². The van der Waals surface area contributed by atoms with Gasteiger partial charge < -0.3 is 5.32 Å². The third kappa shape index (κ3) is 3.18. The van der Waals surface area contributed by atoms with Crippen molar-refractivity contribution in [2.24, 2.45) is 0 Å². The van der Waals surface area contributed by atoms with Gasteiger partial charge in [-0.05, 0) is 18.2 Å². The molecule has 1 N–H and O–H groups in total. The van der Waals surface area contributed by atoms with E-state index in [0.29, 0.717) is 6.54 Å². The zero-order valence-corrected chi connectivity index (χ0v) is 10.3. The van der Waals surface area contributed by atoms with E-state index in [1.165, 1.54) is 23.5 Å². The summed E-state index contributed by atoms with van der Waals surface area (Å²) >= 11 is 7.30. The molecule has 1 aromatic heterocycles. The molecule has 2 aromatic rings. The SMILES string of the molecule is O=[N+]([O-])c1cccc(NCc2ccc(Cl)s2)c1. The predicted octanol–water partition coefficient (Wildman–Crippen LogP) is 3.92. The summed E-state index contributed by atoms with van der Waals surface area (Å²) in [5, 5.41) is 13.7. The first-order valence-corrected chi connectivity index (χ1v) is 6.07. The first kappa shape index (κ1) is 11.9. The molecule has 0 bridgehead atoms. The summed E-state index contributed by atoms with van der Waals surface area (Å²) in [4.78, 5) is 11.3. The lowest BCUT2D eigenvalue weighted by Crippen LogP contribution is -1.98. The van der Waals surface area contributed by atoms with Gasteiger partial charge in [0.25, 0.3) is 5.69 Å². The van der Waals surface area contributed by atoms with Gasteiger partial charge in [-0.25, -0.2) is 0 Å². The van der Waals surface area contributed by atoms with Crippen LogP contribution in [-0.4, -0.2) is 4.92 Å². The van der Waals surface area contributed by atoms with Crippen LogP contribution in [0.15, 0.2) is 36.4 Å². The molecule has 0 aliphatic rings. The Morgan fingerprint density at radius 2 is 2.18 bits per heavy atom. The lowest BCUT2D eigenvalue weighted by atomic mass is 10.3. The van der Waals surface area contributed by atoms with E-state index in [1.54, 1.807) is 12.1 Å². The Kier molecular flexibility index (Phi) is 3.61. The maximum atomic E-state index is 10.6. The van der Waals surface area contributed by atoms with Crippen LogP contribution in [-0.2, 0) is 6.54 Å². The Hall–Kier alpha value is -1.59. The third-order valence-electron chi connectivity index (χ3n) is 2.15. The molecule has 0 saturated carbocycles. The fourth-order valence-electron chi connectivity index (χ4n) is 1.37. The van der Waals surface area contributed by atoms with Crippen LogP contribution in [0.25, 0.3) is 0 Å². The van der Waals surface area contributed by atoms with Gasteiger partial charge in [-0.2, -0.15) is 0 Å². The van der Waals surface area contributed by atoms with Crippen LogP contribution in [0.4, 0.5) is 11.4 Å². The highest BCUT2D eigenvalue weighted by atomic mass is 35.5. The molecule has 0 spiro atoms. The molecule has 4 nitrogen and oxygen atoms in total. The van der Waals surface area contributed by atoms with E-state index < -0.39 is 4.92 Å². The van der Waals surface area contributed by atoms with Gasteiger partial charge in [0.1, 0.15) is 0 Å². The van der Waals surface area contributed by atoms with Crippen molar-refractivity contribution in [2.75, 3.05) is 5.32 Å². The molecule has 17 heavy (non-hydrogen) atoms. The van der Waals surface area contributed by atoms with Gasteiger partial charge in [0.2, 0.25) is 0 Å². The standard InChI is InChI=1S/C11H9ClN2O2S/c12-11-5-4-10(17-11)7-13-8-2-1-3-9(6-8)14(15)16/h1-6,13H,7H2. The highest BCUT2D eigenvalue weighted by Gasteiger charge is 2.05. The molecule has 0 radical (unpaired) electrons. The number of nitro groups is 1. The second-order valence-corrected chi connectivity index (χ2v) is 5.17. The summed E-state index contributed by atoms with van der Waals surface area (Å²) in [6.07, 6.45) is 0. The van der Waals surface area contributed by atoms with E-state index in [2.05, 4.69) is 5.32 Å². The molecular weight excluding hydrogens is 260 g/mol. The minimum Gasteiger partial charge on any atom is -0.380 e. The van der Waals surface area contributed by atoms with Crippen LogP contribution < -0.4 is 5.32 Å².